The van der Waals surface area contributed by atoms with E-state index in [9.17, 15) is 19.4 Å². The summed E-state index contributed by atoms with van der Waals surface area (Å²) in [5, 5.41) is 29.8. The van der Waals surface area contributed by atoms with Gasteiger partial charge in [-0.05, 0) is 98.7 Å². The van der Waals surface area contributed by atoms with Crippen molar-refractivity contribution in [3.05, 3.63) is 113 Å². The summed E-state index contributed by atoms with van der Waals surface area (Å²) in [6, 6.07) is 19.7. The van der Waals surface area contributed by atoms with Gasteiger partial charge in [0.25, 0.3) is 0 Å². The molecule has 6 atom stereocenters. The van der Waals surface area contributed by atoms with Crippen molar-refractivity contribution in [2.45, 2.75) is 82.6 Å². The largest absolute Gasteiger partial charge is 0.490 e. The Morgan fingerprint density at radius 2 is 1.57 bits per heavy atom. The van der Waals surface area contributed by atoms with Crippen LogP contribution in [0.2, 0.25) is 0 Å². The predicted molar refractivity (Wildman–Crippen MR) is 208 cm³/mol. The van der Waals surface area contributed by atoms with E-state index in [0.29, 0.717) is 37.1 Å². The van der Waals surface area contributed by atoms with E-state index < -0.39 is 34.1 Å². The Balaban J connectivity index is 0.893. The van der Waals surface area contributed by atoms with E-state index in [0.717, 1.165) is 62.1 Å². The minimum atomic E-state index is -0.767. The minimum Gasteiger partial charge on any atom is -0.490 e. The number of hydrogen-bond acceptors (Lipinski definition) is 9. The summed E-state index contributed by atoms with van der Waals surface area (Å²) in [7, 11) is 0. The zero-order valence-electron chi connectivity index (χ0n) is 32.1. The van der Waals surface area contributed by atoms with Crippen LogP contribution in [0.4, 0.5) is 20.2 Å². The van der Waals surface area contributed by atoms with Crippen LogP contribution in [0.1, 0.15) is 58.4 Å². The van der Waals surface area contributed by atoms with Crippen molar-refractivity contribution in [3.63, 3.8) is 0 Å². The zero-order chi connectivity index (χ0) is 39.2. The highest BCUT2D eigenvalue weighted by atomic mass is 19.1. The lowest BCUT2D eigenvalue weighted by Crippen LogP contribution is -2.46. The molecule has 0 radical (unpaired) electrons. The third kappa shape index (κ3) is 6.87. The molecule has 0 bridgehead atoms. The molecule has 5 aromatic rings. The summed E-state index contributed by atoms with van der Waals surface area (Å²) in [5.41, 5.74) is 1.07. The lowest BCUT2D eigenvalue weighted by Gasteiger charge is -2.38. The number of nitrogens with zero attached hydrogens (tertiary/aromatic N) is 8. The molecule has 3 aromatic carbocycles. The molecule has 3 heterocycles. The SMILES string of the molecule is CCCC(Cn1cncn1)(C[C@@]1(CO)C[C@@H]1Oc1ccc(N2CCN(c3ccc(-n4cnn(C5([C@H](C)O)C[C@H]5C)c4=O)cc3)CC2)cc1)c1ccc(F)cc1F. The van der Waals surface area contributed by atoms with Crippen LogP contribution in [0.3, 0.4) is 0 Å². The molecule has 2 unspecified atom stereocenters. The monoisotopic (exact) mass is 768 g/mol. The fraction of sp³-hybridized carbons (Fsp3) is 0.476. The molecule has 3 aliphatic rings. The molecule has 56 heavy (non-hydrogen) atoms. The molecule has 8 rings (SSSR count). The van der Waals surface area contributed by atoms with Gasteiger partial charge in [0.1, 0.15) is 42.5 Å². The van der Waals surface area contributed by atoms with Gasteiger partial charge in [-0.3, -0.25) is 4.68 Å². The smallest absolute Gasteiger partial charge is 0.350 e. The van der Waals surface area contributed by atoms with Crippen molar-refractivity contribution in [2.24, 2.45) is 11.3 Å². The lowest BCUT2D eigenvalue weighted by molar-refractivity contribution is 0.0956. The molecule has 2 N–H and O–H groups in total. The maximum Gasteiger partial charge on any atom is 0.350 e. The van der Waals surface area contributed by atoms with E-state index in [1.165, 1.54) is 34.0 Å². The second kappa shape index (κ2) is 14.8. The van der Waals surface area contributed by atoms with Crippen LogP contribution in [-0.2, 0) is 17.5 Å². The van der Waals surface area contributed by atoms with Crippen LogP contribution in [-0.4, -0.2) is 84.3 Å². The number of benzene rings is 3. The average Bonchev–Trinajstić information content (AvgIpc) is 3.88. The second-order valence-corrected chi connectivity index (χ2v) is 16.2. The maximum atomic E-state index is 15.5. The topological polar surface area (TPSA) is 127 Å². The van der Waals surface area contributed by atoms with Crippen molar-refractivity contribution in [1.82, 2.24) is 29.1 Å². The summed E-state index contributed by atoms with van der Waals surface area (Å²) >= 11 is 0. The standard InChI is InChI=1S/C42H50F2N8O4/c1-4-15-40(24-50-27-45-26-46-50,36-14-5-31(43)20-37(36)44)23-41(25-53)22-38(41)56-35-12-10-33(11-13-35)49-18-16-48(17-19-49)32-6-8-34(9-7-32)51-28-47-52(39(51)55)42(30(3)54)21-29(42)2/h5-14,20,26-30,38,53-54H,4,15-19,21-25H2,1-3H3/t29-,30+,38+,40?,41-,42?/m1/s1. The van der Waals surface area contributed by atoms with Crippen molar-refractivity contribution in [1.29, 1.82) is 0 Å². The highest BCUT2D eigenvalue weighted by molar-refractivity contribution is 5.55. The predicted octanol–water partition coefficient (Wildman–Crippen LogP) is 5.30. The molecular weight excluding hydrogens is 719 g/mol. The van der Waals surface area contributed by atoms with Gasteiger partial charge in [-0.1, -0.05) is 26.3 Å². The Morgan fingerprint density at radius 3 is 2.12 bits per heavy atom. The van der Waals surface area contributed by atoms with Crippen LogP contribution in [0.5, 0.6) is 5.75 Å². The van der Waals surface area contributed by atoms with E-state index in [1.807, 2.05) is 50.2 Å². The molecular formula is C42H50F2N8O4. The quantitative estimate of drug-likeness (QED) is 0.146. The third-order valence-electron chi connectivity index (χ3n) is 12.6. The first-order chi connectivity index (χ1) is 27.0. The first-order valence-corrected chi connectivity index (χ1v) is 19.6. The van der Waals surface area contributed by atoms with Gasteiger partial charge in [0, 0.05) is 54.5 Å². The molecule has 296 valence electrons. The molecule has 1 saturated heterocycles. The van der Waals surface area contributed by atoms with Crippen molar-refractivity contribution < 1.29 is 23.7 Å². The molecule has 0 spiro atoms. The highest BCUT2D eigenvalue weighted by Gasteiger charge is 2.60. The molecule has 12 nitrogen and oxygen atoms in total. The van der Waals surface area contributed by atoms with Crippen molar-refractivity contribution >= 4 is 11.4 Å². The summed E-state index contributed by atoms with van der Waals surface area (Å²) in [4.78, 5) is 22.0. The van der Waals surface area contributed by atoms with Crippen LogP contribution < -0.4 is 20.2 Å². The molecule has 14 heteroatoms. The van der Waals surface area contributed by atoms with Gasteiger partial charge in [-0.25, -0.2) is 27.8 Å². The van der Waals surface area contributed by atoms with Gasteiger partial charge in [0.15, 0.2) is 0 Å². The highest BCUT2D eigenvalue weighted by Crippen LogP contribution is 2.57. The van der Waals surface area contributed by atoms with Crippen molar-refractivity contribution in [2.75, 3.05) is 42.6 Å². The van der Waals surface area contributed by atoms with Crippen molar-refractivity contribution in [3.8, 4) is 11.4 Å². The second-order valence-electron chi connectivity index (χ2n) is 16.2. The van der Waals surface area contributed by atoms with Gasteiger partial charge in [-0.15, -0.1) is 0 Å². The van der Waals surface area contributed by atoms with Crippen LogP contribution in [0.25, 0.3) is 5.69 Å². The Hall–Kier alpha value is -5.08. The fourth-order valence-electron chi connectivity index (χ4n) is 9.32. The fourth-order valence-corrected chi connectivity index (χ4v) is 9.32. The number of halogens is 2. The number of hydrogen-bond donors (Lipinski definition) is 2. The van der Waals surface area contributed by atoms with Gasteiger partial charge >= 0.3 is 5.69 Å². The van der Waals surface area contributed by atoms with E-state index in [4.69, 9.17) is 4.74 Å². The number of piperazine rings is 1. The van der Waals surface area contributed by atoms with Crippen LogP contribution >= 0.6 is 0 Å². The molecule has 2 aromatic heterocycles. The lowest BCUT2D eigenvalue weighted by atomic mass is 9.69. The molecule has 3 fully saturated rings. The Labute approximate surface area is 325 Å². The summed E-state index contributed by atoms with van der Waals surface area (Å²) in [6.45, 7) is 9.31. The molecule has 2 aliphatic carbocycles. The van der Waals surface area contributed by atoms with Gasteiger partial charge in [0.05, 0.1) is 30.5 Å². The van der Waals surface area contributed by atoms with E-state index >= 15 is 4.39 Å². The number of rotatable bonds is 15. The number of ether oxygens (including phenoxy) is 1. The Morgan fingerprint density at radius 1 is 0.929 bits per heavy atom. The maximum absolute atomic E-state index is 15.5. The van der Waals surface area contributed by atoms with Crippen LogP contribution in [0, 0.1) is 23.0 Å². The van der Waals surface area contributed by atoms with E-state index in [2.05, 4.69) is 37.1 Å². The van der Waals surface area contributed by atoms with Gasteiger partial charge in [-0.2, -0.15) is 10.2 Å². The number of aliphatic hydroxyl groups is 2. The van der Waals surface area contributed by atoms with E-state index in [1.54, 1.807) is 17.9 Å². The number of anilines is 2. The first kappa shape index (κ1) is 37.8. The Kier molecular flexibility index (Phi) is 9.98. The van der Waals surface area contributed by atoms with Crippen LogP contribution in [0.15, 0.2) is 90.5 Å². The first-order valence-electron chi connectivity index (χ1n) is 19.6. The molecule has 2 saturated carbocycles. The molecule has 1 aliphatic heterocycles. The van der Waals surface area contributed by atoms with Gasteiger partial charge < -0.3 is 24.7 Å². The summed E-state index contributed by atoms with van der Waals surface area (Å²) in [5.74, 6) is -0.340. The zero-order valence-corrected chi connectivity index (χ0v) is 32.1. The van der Waals surface area contributed by atoms with Gasteiger partial charge in [0.2, 0.25) is 0 Å². The minimum absolute atomic E-state index is 0.123. The summed E-state index contributed by atoms with van der Waals surface area (Å²) in [6.07, 6.45) is 6.80. The third-order valence-corrected chi connectivity index (χ3v) is 12.6. The Bertz CT molecular complexity index is 2190. The number of aromatic nitrogens is 6. The molecule has 0 amide bonds. The average molecular weight is 769 g/mol. The normalized spacial score (nSPS) is 24.8. The summed E-state index contributed by atoms with van der Waals surface area (Å²) < 4.78 is 40.6. The van der Waals surface area contributed by atoms with E-state index in [-0.39, 0.29) is 24.3 Å². The number of aliphatic hydroxyl groups excluding tert-OH is 2.